The van der Waals surface area contributed by atoms with Gasteiger partial charge in [0, 0.05) is 5.54 Å². The molecule has 2 nitrogen and oxygen atoms in total. The first kappa shape index (κ1) is 12.5. The zero-order chi connectivity index (χ0) is 12.5. The molecule has 1 amide bonds. The summed E-state index contributed by atoms with van der Waals surface area (Å²) in [6.07, 6.45) is 0. The Morgan fingerprint density at radius 2 is 1.69 bits per heavy atom. The molecular formula is C11H12F3NO. The molecule has 0 saturated carbocycles. The summed E-state index contributed by atoms with van der Waals surface area (Å²) >= 11 is 0. The second-order valence-corrected chi connectivity index (χ2v) is 4.43. The predicted molar refractivity (Wildman–Crippen MR) is 53.5 cm³/mol. The Morgan fingerprint density at radius 1 is 1.12 bits per heavy atom. The van der Waals surface area contributed by atoms with Crippen molar-refractivity contribution in [2.45, 2.75) is 26.3 Å². The van der Waals surface area contributed by atoms with Crippen LogP contribution in [0.4, 0.5) is 13.2 Å². The number of carbonyl (C=O) groups is 1. The zero-order valence-corrected chi connectivity index (χ0v) is 9.20. The smallest absolute Gasteiger partial charge is 0.254 e. The van der Waals surface area contributed by atoms with E-state index in [0.717, 1.165) is 12.1 Å². The van der Waals surface area contributed by atoms with Crippen molar-refractivity contribution in [1.82, 2.24) is 5.32 Å². The molecule has 5 heteroatoms. The molecule has 0 fully saturated rings. The molecule has 1 N–H and O–H groups in total. The van der Waals surface area contributed by atoms with Crippen molar-refractivity contribution in [1.29, 1.82) is 0 Å². The SMILES string of the molecule is CC(C)(C)NC(=O)c1ccc(F)c(F)c1F. The van der Waals surface area contributed by atoms with Crippen LogP contribution in [-0.2, 0) is 0 Å². The molecule has 0 spiro atoms. The molecule has 1 aromatic carbocycles. The van der Waals surface area contributed by atoms with Gasteiger partial charge >= 0.3 is 0 Å². The van der Waals surface area contributed by atoms with Crippen molar-refractivity contribution in [3.63, 3.8) is 0 Å². The van der Waals surface area contributed by atoms with Gasteiger partial charge in [-0.2, -0.15) is 0 Å². The second-order valence-electron chi connectivity index (χ2n) is 4.43. The first-order chi connectivity index (χ1) is 7.22. The Bertz CT molecular complexity index is 424. The number of amides is 1. The van der Waals surface area contributed by atoms with Gasteiger partial charge in [-0.3, -0.25) is 4.79 Å². The van der Waals surface area contributed by atoms with E-state index in [9.17, 15) is 18.0 Å². The van der Waals surface area contributed by atoms with Crippen molar-refractivity contribution in [3.05, 3.63) is 35.1 Å². The van der Waals surface area contributed by atoms with Crippen LogP contribution >= 0.6 is 0 Å². The van der Waals surface area contributed by atoms with Gasteiger partial charge in [0.2, 0.25) is 0 Å². The van der Waals surface area contributed by atoms with E-state index in [4.69, 9.17) is 0 Å². The molecule has 0 heterocycles. The van der Waals surface area contributed by atoms with Gasteiger partial charge in [0.15, 0.2) is 17.5 Å². The molecule has 1 aromatic rings. The molecule has 1 rings (SSSR count). The summed E-state index contributed by atoms with van der Waals surface area (Å²) in [5.41, 5.74) is -1.08. The minimum absolute atomic E-state index is 0.506. The predicted octanol–water partition coefficient (Wildman–Crippen LogP) is 2.63. The van der Waals surface area contributed by atoms with Gasteiger partial charge in [0.1, 0.15) is 0 Å². The van der Waals surface area contributed by atoms with Gasteiger partial charge in [-0.25, -0.2) is 13.2 Å². The van der Waals surface area contributed by atoms with Crippen LogP contribution in [0.5, 0.6) is 0 Å². The third-order valence-corrected chi connectivity index (χ3v) is 1.77. The minimum atomic E-state index is -1.64. The number of nitrogens with one attached hydrogen (secondary N) is 1. The van der Waals surface area contributed by atoms with Crippen molar-refractivity contribution >= 4 is 5.91 Å². The average molecular weight is 231 g/mol. The Labute approximate surface area is 91.5 Å². The summed E-state index contributed by atoms with van der Waals surface area (Å²) in [7, 11) is 0. The molecule has 88 valence electrons. The van der Waals surface area contributed by atoms with Crippen LogP contribution in [0.25, 0.3) is 0 Å². The molecule has 0 aromatic heterocycles. The number of hydrogen-bond donors (Lipinski definition) is 1. The van der Waals surface area contributed by atoms with Crippen LogP contribution in [-0.4, -0.2) is 11.4 Å². The van der Waals surface area contributed by atoms with E-state index in [1.54, 1.807) is 20.8 Å². The molecule has 0 aliphatic heterocycles. The first-order valence-corrected chi connectivity index (χ1v) is 4.68. The molecule has 0 atom stereocenters. The number of rotatable bonds is 1. The lowest BCUT2D eigenvalue weighted by Crippen LogP contribution is -2.41. The van der Waals surface area contributed by atoms with Gasteiger partial charge in [0.05, 0.1) is 5.56 Å². The van der Waals surface area contributed by atoms with E-state index < -0.39 is 34.5 Å². The number of halogens is 3. The normalized spacial score (nSPS) is 11.4. The van der Waals surface area contributed by atoms with Crippen molar-refractivity contribution < 1.29 is 18.0 Å². The molecule has 0 unspecified atom stereocenters. The lowest BCUT2D eigenvalue weighted by molar-refractivity contribution is 0.0914. The third kappa shape index (κ3) is 2.74. The van der Waals surface area contributed by atoms with Crippen molar-refractivity contribution in [2.75, 3.05) is 0 Å². The van der Waals surface area contributed by atoms with E-state index in [2.05, 4.69) is 5.32 Å². The first-order valence-electron chi connectivity index (χ1n) is 4.68. The van der Waals surface area contributed by atoms with Gasteiger partial charge in [-0.1, -0.05) is 0 Å². The van der Waals surface area contributed by atoms with Gasteiger partial charge in [0.25, 0.3) is 5.91 Å². The summed E-state index contributed by atoms with van der Waals surface area (Å²) in [6, 6.07) is 1.63. The van der Waals surface area contributed by atoms with Crippen LogP contribution in [0.15, 0.2) is 12.1 Å². The summed E-state index contributed by atoms with van der Waals surface area (Å²) in [4.78, 5) is 11.5. The summed E-state index contributed by atoms with van der Waals surface area (Å²) in [5, 5.41) is 2.45. The Kier molecular flexibility index (Phi) is 3.26. The highest BCUT2D eigenvalue weighted by Crippen LogP contribution is 2.15. The van der Waals surface area contributed by atoms with Gasteiger partial charge in [-0.15, -0.1) is 0 Å². The fraction of sp³-hybridized carbons (Fsp3) is 0.364. The summed E-state index contributed by atoms with van der Waals surface area (Å²) in [6.45, 7) is 5.09. The van der Waals surface area contributed by atoms with Crippen LogP contribution in [0.1, 0.15) is 31.1 Å². The largest absolute Gasteiger partial charge is 0.347 e. The fourth-order valence-corrected chi connectivity index (χ4v) is 1.11. The van der Waals surface area contributed by atoms with E-state index in [1.165, 1.54) is 0 Å². The maximum Gasteiger partial charge on any atom is 0.254 e. The molecule has 0 bridgehead atoms. The highest BCUT2D eigenvalue weighted by Gasteiger charge is 2.21. The van der Waals surface area contributed by atoms with E-state index in [0.29, 0.717) is 0 Å². The number of benzene rings is 1. The lowest BCUT2D eigenvalue weighted by Gasteiger charge is -2.20. The molecular weight excluding hydrogens is 219 g/mol. The molecule has 0 aliphatic rings. The lowest BCUT2D eigenvalue weighted by atomic mass is 10.1. The maximum atomic E-state index is 13.2. The van der Waals surface area contributed by atoms with Crippen molar-refractivity contribution in [2.24, 2.45) is 0 Å². The quantitative estimate of drug-likeness (QED) is 0.739. The zero-order valence-electron chi connectivity index (χ0n) is 9.20. The summed E-state index contributed by atoms with van der Waals surface area (Å²) < 4.78 is 38.7. The average Bonchev–Trinajstić information content (AvgIpc) is 2.11. The Morgan fingerprint density at radius 3 is 2.19 bits per heavy atom. The molecule has 0 radical (unpaired) electrons. The van der Waals surface area contributed by atoms with Crippen molar-refractivity contribution in [3.8, 4) is 0 Å². The summed E-state index contributed by atoms with van der Waals surface area (Å²) in [5.74, 6) is -5.20. The Hall–Kier alpha value is -1.52. The Balaban J connectivity index is 3.06. The fourth-order valence-electron chi connectivity index (χ4n) is 1.11. The van der Waals surface area contributed by atoms with Gasteiger partial charge < -0.3 is 5.32 Å². The van der Waals surface area contributed by atoms with Gasteiger partial charge in [-0.05, 0) is 32.9 Å². The van der Waals surface area contributed by atoms with Crippen LogP contribution in [0.3, 0.4) is 0 Å². The molecule has 0 saturated heterocycles. The highest BCUT2D eigenvalue weighted by molar-refractivity contribution is 5.94. The van der Waals surface area contributed by atoms with E-state index in [-0.39, 0.29) is 0 Å². The van der Waals surface area contributed by atoms with E-state index in [1.807, 2.05) is 0 Å². The topological polar surface area (TPSA) is 29.1 Å². The molecule has 16 heavy (non-hydrogen) atoms. The van der Waals surface area contributed by atoms with E-state index >= 15 is 0 Å². The van der Waals surface area contributed by atoms with Crippen LogP contribution in [0.2, 0.25) is 0 Å². The maximum absolute atomic E-state index is 13.2. The number of hydrogen-bond acceptors (Lipinski definition) is 1. The number of carbonyl (C=O) groups excluding carboxylic acids is 1. The van der Waals surface area contributed by atoms with Crippen LogP contribution in [0, 0.1) is 17.5 Å². The standard InChI is InChI=1S/C11H12F3NO/c1-11(2,3)15-10(16)6-4-5-7(12)9(14)8(6)13/h4-5H,1-3H3,(H,15,16). The minimum Gasteiger partial charge on any atom is -0.347 e. The second kappa shape index (κ2) is 4.15. The monoisotopic (exact) mass is 231 g/mol. The highest BCUT2D eigenvalue weighted by atomic mass is 19.2. The third-order valence-electron chi connectivity index (χ3n) is 1.77. The van der Waals surface area contributed by atoms with Crippen LogP contribution < -0.4 is 5.32 Å². The molecule has 0 aliphatic carbocycles.